The minimum atomic E-state index is -2.80. The van der Waals surface area contributed by atoms with Crippen LogP contribution in [0.5, 0.6) is 5.75 Å². The van der Waals surface area contributed by atoms with Gasteiger partial charge in [0.15, 0.2) is 5.75 Å². The molecule has 1 aromatic rings. The van der Waals surface area contributed by atoms with E-state index in [1.807, 2.05) is 0 Å². The maximum absolute atomic E-state index is 12.3. The average molecular weight is 329 g/mol. The number of rotatable bonds is 2. The zero-order chi connectivity index (χ0) is 11.6. The van der Waals surface area contributed by atoms with Crippen molar-refractivity contribution in [2.45, 2.75) is 6.43 Å². The van der Waals surface area contributed by atoms with Crippen LogP contribution >= 0.6 is 22.6 Å². The maximum Gasteiger partial charge on any atom is 0.341 e. The Morgan fingerprint density at radius 1 is 1.67 bits per heavy atom. The first-order chi connectivity index (χ1) is 6.97. The van der Waals surface area contributed by atoms with E-state index in [0.717, 1.165) is 13.2 Å². The third kappa shape index (κ3) is 2.52. The Morgan fingerprint density at radius 3 is 2.73 bits per heavy atom. The van der Waals surface area contributed by atoms with E-state index in [2.05, 4.69) is 9.72 Å². The van der Waals surface area contributed by atoms with Crippen molar-refractivity contribution in [1.82, 2.24) is 4.98 Å². The number of halogens is 3. The summed E-state index contributed by atoms with van der Waals surface area (Å²) in [5.41, 5.74) is -0.884. The SMILES string of the molecule is COC(=O)c1cc(C(F)F)nc(I)c1O. The minimum Gasteiger partial charge on any atom is -0.504 e. The fraction of sp³-hybridized carbons (Fsp3) is 0.250. The number of carbonyl (C=O) groups excluding carboxylic acids is 1. The van der Waals surface area contributed by atoms with E-state index in [4.69, 9.17) is 0 Å². The Balaban J connectivity index is 3.31. The van der Waals surface area contributed by atoms with Gasteiger partial charge in [-0.2, -0.15) is 0 Å². The van der Waals surface area contributed by atoms with Crippen LogP contribution in [0.25, 0.3) is 0 Å². The van der Waals surface area contributed by atoms with Gasteiger partial charge in [0.05, 0.1) is 7.11 Å². The average Bonchev–Trinajstić information content (AvgIpc) is 2.20. The summed E-state index contributed by atoms with van der Waals surface area (Å²) >= 11 is 1.56. The fourth-order valence-electron chi connectivity index (χ4n) is 0.903. The van der Waals surface area contributed by atoms with E-state index in [0.29, 0.717) is 0 Å². The molecule has 4 nitrogen and oxygen atoms in total. The molecular formula is C8H6F2INO3. The number of aromatic nitrogens is 1. The first-order valence-corrected chi connectivity index (χ1v) is 4.81. The smallest absolute Gasteiger partial charge is 0.341 e. The first-order valence-electron chi connectivity index (χ1n) is 3.73. The zero-order valence-electron chi connectivity index (χ0n) is 7.50. The normalized spacial score (nSPS) is 10.5. The molecule has 0 saturated heterocycles. The number of esters is 1. The number of carbonyl (C=O) groups is 1. The largest absolute Gasteiger partial charge is 0.504 e. The van der Waals surface area contributed by atoms with E-state index in [1.54, 1.807) is 22.6 Å². The molecule has 0 aliphatic carbocycles. The van der Waals surface area contributed by atoms with Crippen LogP contribution in [0.1, 0.15) is 22.5 Å². The number of methoxy groups -OCH3 is 1. The number of alkyl halides is 2. The summed E-state index contributed by atoms with van der Waals surface area (Å²) in [6.07, 6.45) is -2.80. The molecule has 0 aromatic carbocycles. The summed E-state index contributed by atoms with van der Waals surface area (Å²) in [6, 6.07) is 0.813. The van der Waals surface area contributed by atoms with E-state index >= 15 is 0 Å². The van der Waals surface area contributed by atoms with E-state index in [9.17, 15) is 18.7 Å². The molecule has 1 N–H and O–H groups in total. The van der Waals surface area contributed by atoms with Gasteiger partial charge in [0.25, 0.3) is 6.43 Å². The van der Waals surface area contributed by atoms with Crippen molar-refractivity contribution >= 4 is 28.6 Å². The van der Waals surface area contributed by atoms with Crippen LogP contribution in [0.3, 0.4) is 0 Å². The van der Waals surface area contributed by atoms with Crippen molar-refractivity contribution in [2.24, 2.45) is 0 Å². The predicted molar refractivity (Wildman–Crippen MR) is 54.9 cm³/mol. The van der Waals surface area contributed by atoms with Crippen LogP contribution in [0, 0.1) is 3.70 Å². The molecule has 0 fully saturated rings. The van der Waals surface area contributed by atoms with E-state index in [1.165, 1.54) is 0 Å². The standard InChI is InChI=1S/C8H6F2INO3/c1-15-8(14)3-2-4(6(9)10)12-7(11)5(3)13/h2,6,13H,1H3. The highest BCUT2D eigenvalue weighted by Gasteiger charge is 2.20. The topological polar surface area (TPSA) is 59.4 Å². The Bertz CT molecular complexity index is 398. The molecule has 0 saturated carbocycles. The van der Waals surface area contributed by atoms with Crippen LogP contribution in [0.15, 0.2) is 6.07 Å². The summed E-state index contributed by atoms with van der Waals surface area (Å²) in [5, 5.41) is 9.39. The lowest BCUT2D eigenvalue weighted by atomic mass is 10.2. The molecule has 0 aliphatic heterocycles. The highest BCUT2D eigenvalue weighted by Crippen LogP contribution is 2.27. The van der Waals surface area contributed by atoms with E-state index in [-0.39, 0.29) is 9.26 Å². The number of nitrogens with zero attached hydrogens (tertiary/aromatic N) is 1. The quantitative estimate of drug-likeness (QED) is 0.513. The Morgan fingerprint density at radius 2 is 2.27 bits per heavy atom. The lowest BCUT2D eigenvalue weighted by Gasteiger charge is -2.06. The van der Waals surface area contributed by atoms with Gasteiger partial charge in [-0.15, -0.1) is 0 Å². The molecule has 0 bridgehead atoms. The molecule has 1 aromatic heterocycles. The molecule has 0 amide bonds. The Kier molecular flexibility index (Phi) is 3.77. The summed E-state index contributed by atoms with van der Waals surface area (Å²) in [7, 11) is 1.09. The molecule has 0 atom stereocenters. The number of aromatic hydroxyl groups is 1. The van der Waals surface area contributed by atoms with Crippen LogP contribution < -0.4 is 0 Å². The molecule has 1 heterocycles. The Labute approximate surface area is 97.4 Å². The maximum atomic E-state index is 12.3. The van der Waals surface area contributed by atoms with Crippen molar-refractivity contribution in [1.29, 1.82) is 0 Å². The van der Waals surface area contributed by atoms with Gasteiger partial charge in [0.1, 0.15) is 15.0 Å². The second kappa shape index (κ2) is 4.69. The molecule has 0 unspecified atom stereocenters. The van der Waals surface area contributed by atoms with Crippen LogP contribution in [-0.4, -0.2) is 23.2 Å². The van der Waals surface area contributed by atoms with Gasteiger partial charge in [0.2, 0.25) is 0 Å². The number of pyridine rings is 1. The molecular weight excluding hydrogens is 323 g/mol. The predicted octanol–water partition coefficient (Wildman–Crippen LogP) is 2.12. The molecule has 1 rings (SSSR count). The van der Waals surface area contributed by atoms with Gasteiger partial charge in [-0.25, -0.2) is 18.6 Å². The highest BCUT2D eigenvalue weighted by molar-refractivity contribution is 14.1. The van der Waals surface area contributed by atoms with Crippen molar-refractivity contribution in [3.8, 4) is 5.75 Å². The zero-order valence-corrected chi connectivity index (χ0v) is 9.66. The van der Waals surface area contributed by atoms with Gasteiger partial charge in [-0.3, -0.25) is 0 Å². The van der Waals surface area contributed by atoms with Crippen molar-refractivity contribution < 1.29 is 23.4 Å². The minimum absolute atomic E-state index is 0.0641. The monoisotopic (exact) mass is 329 g/mol. The van der Waals surface area contributed by atoms with Crippen molar-refractivity contribution in [2.75, 3.05) is 7.11 Å². The van der Waals surface area contributed by atoms with Gasteiger partial charge < -0.3 is 9.84 Å². The molecule has 15 heavy (non-hydrogen) atoms. The van der Waals surface area contributed by atoms with Gasteiger partial charge in [-0.1, -0.05) is 0 Å². The highest BCUT2D eigenvalue weighted by atomic mass is 127. The molecule has 0 radical (unpaired) electrons. The molecule has 0 aliphatic rings. The van der Waals surface area contributed by atoms with Crippen LogP contribution in [0.2, 0.25) is 0 Å². The molecule has 7 heteroatoms. The summed E-state index contributed by atoms with van der Waals surface area (Å²) in [6.45, 7) is 0. The number of hydrogen-bond acceptors (Lipinski definition) is 4. The number of hydrogen-bond donors (Lipinski definition) is 1. The van der Waals surface area contributed by atoms with Crippen LogP contribution in [-0.2, 0) is 4.74 Å². The van der Waals surface area contributed by atoms with Crippen LogP contribution in [0.4, 0.5) is 8.78 Å². The third-order valence-electron chi connectivity index (χ3n) is 1.60. The van der Waals surface area contributed by atoms with Gasteiger partial charge in [-0.05, 0) is 28.7 Å². The van der Waals surface area contributed by atoms with E-state index < -0.39 is 23.8 Å². The van der Waals surface area contributed by atoms with Crippen molar-refractivity contribution in [3.05, 3.63) is 21.0 Å². The summed E-state index contributed by atoms with van der Waals surface area (Å²) in [4.78, 5) is 14.5. The van der Waals surface area contributed by atoms with Crippen molar-refractivity contribution in [3.63, 3.8) is 0 Å². The second-order valence-corrected chi connectivity index (χ2v) is 3.55. The second-order valence-electron chi connectivity index (χ2n) is 2.53. The molecule has 0 spiro atoms. The lowest BCUT2D eigenvalue weighted by molar-refractivity contribution is 0.0596. The first kappa shape index (κ1) is 12.1. The van der Waals surface area contributed by atoms with Gasteiger partial charge in [0, 0.05) is 0 Å². The Hall–Kier alpha value is -0.990. The summed E-state index contributed by atoms with van der Waals surface area (Å²) in [5.74, 6) is -1.33. The molecule has 82 valence electrons. The fourth-order valence-corrected chi connectivity index (χ4v) is 1.47. The summed E-state index contributed by atoms with van der Waals surface area (Å²) < 4.78 is 28.9. The lowest BCUT2D eigenvalue weighted by Crippen LogP contribution is -2.06. The third-order valence-corrected chi connectivity index (χ3v) is 2.35. The number of ether oxygens (including phenoxy) is 1. The van der Waals surface area contributed by atoms with Gasteiger partial charge >= 0.3 is 5.97 Å².